The van der Waals surface area contributed by atoms with Crippen molar-refractivity contribution in [1.82, 2.24) is 0 Å². The lowest BCUT2D eigenvalue weighted by Crippen LogP contribution is -2.36. The molecule has 0 saturated heterocycles. The van der Waals surface area contributed by atoms with Crippen molar-refractivity contribution in [3.8, 4) is 0 Å². The number of hydrogen-bond acceptors (Lipinski definition) is 2. The number of anilines is 1. The summed E-state index contributed by atoms with van der Waals surface area (Å²) in [6.45, 7) is 3.85. The highest BCUT2D eigenvalue weighted by Crippen LogP contribution is 2.35. The summed E-state index contributed by atoms with van der Waals surface area (Å²) in [6.07, 6.45) is 0.841. The molecule has 0 heterocycles. The van der Waals surface area contributed by atoms with Crippen molar-refractivity contribution >= 4 is 40.8 Å². The zero-order valence-electron chi connectivity index (χ0n) is 12.3. The summed E-state index contributed by atoms with van der Waals surface area (Å²) in [5.41, 5.74) is 2.55. The van der Waals surface area contributed by atoms with E-state index in [0.29, 0.717) is 28.6 Å². The molecule has 118 valence electrons. The second-order valence-electron chi connectivity index (χ2n) is 5.63. The fourth-order valence-electron chi connectivity index (χ4n) is 2.64. The van der Waals surface area contributed by atoms with Gasteiger partial charge in [-0.15, -0.1) is 0 Å². The average molecular weight is 342 g/mol. The fourth-order valence-corrected chi connectivity index (χ4v) is 3.10. The van der Waals surface area contributed by atoms with Crippen LogP contribution >= 0.6 is 23.2 Å². The van der Waals surface area contributed by atoms with Gasteiger partial charge in [0.2, 0.25) is 5.91 Å². The summed E-state index contributed by atoms with van der Waals surface area (Å²) in [5.74, 6) is -2.60. The Kier molecular flexibility index (Phi) is 5.14. The van der Waals surface area contributed by atoms with E-state index in [-0.39, 0.29) is 5.91 Å². The molecule has 0 spiro atoms. The van der Waals surface area contributed by atoms with E-state index < -0.39 is 17.8 Å². The van der Waals surface area contributed by atoms with Crippen LogP contribution in [0.2, 0.25) is 10.0 Å². The smallest absolute Gasteiger partial charge is 0.307 e. The third-order valence-electron chi connectivity index (χ3n) is 4.11. The molecule has 0 radical (unpaired) electrons. The number of rotatable bonds is 3. The van der Waals surface area contributed by atoms with Crippen LogP contribution in [0.4, 0.5) is 5.69 Å². The number of allylic oxidation sites excluding steroid dienone is 2. The predicted molar refractivity (Wildman–Crippen MR) is 87.3 cm³/mol. The topological polar surface area (TPSA) is 66.4 Å². The molecular formula is C16H17Cl2NO3. The first-order valence-electron chi connectivity index (χ1n) is 6.93. The second-order valence-corrected chi connectivity index (χ2v) is 6.48. The minimum Gasteiger partial charge on any atom is -0.481 e. The van der Waals surface area contributed by atoms with Crippen LogP contribution in [0.15, 0.2) is 29.3 Å². The molecule has 4 nitrogen and oxygen atoms in total. The zero-order chi connectivity index (χ0) is 16.4. The molecule has 0 aliphatic heterocycles. The third-order valence-corrected chi connectivity index (χ3v) is 4.66. The monoisotopic (exact) mass is 341 g/mol. The van der Waals surface area contributed by atoms with Crippen LogP contribution in [0.5, 0.6) is 0 Å². The van der Waals surface area contributed by atoms with Crippen molar-refractivity contribution in [3.63, 3.8) is 0 Å². The van der Waals surface area contributed by atoms with E-state index in [4.69, 9.17) is 23.2 Å². The van der Waals surface area contributed by atoms with Crippen molar-refractivity contribution in [2.45, 2.75) is 26.7 Å². The van der Waals surface area contributed by atoms with Crippen LogP contribution in [-0.2, 0) is 9.59 Å². The number of carboxylic acids is 1. The number of aliphatic carboxylic acids is 1. The number of nitrogens with one attached hydrogen (secondary N) is 1. The maximum Gasteiger partial charge on any atom is 0.307 e. The highest BCUT2D eigenvalue weighted by atomic mass is 35.5. The molecule has 2 N–H and O–H groups in total. The lowest BCUT2D eigenvalue weighted by atomic mass is 9.76. The number of amides is 1. The molecule has 0 saturated carbocycles. The summed E-state index contributed by atoms with van der Waals surface area (Å²) >= 11 is 11.9. The van der Waals surface area contributed by atoms with E-state index in [0.717, 1.165) is 11.1 Å². The Morgan fingerprint density at radius 1 is 1.14 bits per heavy atom. The van der Waals surface area contributed by atoms with Gasteiger partial charge in [0.1, 0.15) is 0 Å². The quantitative estimate of drug-likeness (QED) is 0.801. The third kappa shape index (κ3) is 3.62. The van der Waals surface area contributed by atoms with E-state index >= 15 is 0 Å². The van der Waals surface area contributed by atoms with Crippen LogP contribution in [-0.4, -0.2) is 17.0 Å². The van der Waals surface area contributed by atoms with Gasteiger partial charge >= 0.3 is 5.97 Å². The molecule has 0 aromatic heterocycles. The fraction of sp³-hybridized carbons (Fsp3) is 0.375. The molecule has 22 heavy (non-hydrogen) atoms. The second kappa shape index (κ2) is 6.71. The molecule has 6 heteroatoms. The van der Waals surface area contributed by atoms with Gasteiger partial charge in [0.05, 0.1) is 22.5 Å². The van der Waals surface area contributed by atoms with Crippen molar-refractivity contribution in [1.29, 1.82) is 0 Å². The number of carbonyl (C=O) groups excluding carboxylic acids is 1. The van der Waals surface area contributed by atoms with Crippen LogP contribution < -0.4 is 5.32 Å². The summed E-state index contributed by atoms with van der Waals surface area (Å²) in [6, 6.07) is 4.76. The lowest BCUT2D eigenvalue weighted by Gasteiger charge is -2.29. The minimum absolute atomic E-state index is 0.326. The molecule has 1 aromatic rings. The summed E-state index contributed by atoms with van der Waals surface area (Å²) in [4.78, 5) is 23.9. The number of carboxylic acid groups (broad SMARTS) is 1. The van der Waals surface area contributed by atoms with Gasteiger partial charge in [-0.25, -0.2) is 0 Å². The maximum atomic E-state index is 12.5. The Balaban J connectivity index is 2.21. The summed E-state index contributed by atoms with van der Waals surface area (Å²) in [7, 11) is 0. The number of carbonyl (C=O) groups is 2. The van der Waals surface area contributed by atoms with Gasteiger partial charge in [-0.1, -0.05) is 34.3 Å². The van der Waals surface area contributed by atoms with Gasteiger partial charge in [-0.3, -0.25) is 9.59 Å². The Morgan fingerprint density at radius 3 is 2.27 bits per heavy atom. The van der Waals surface area contributed by atoms with Gasteiger partial charge in [0, 0.05) is 5.02 Å². The van der Waals surface area contributed by atoms with E-state index in [1.807, 2.05) is 13.8 Å². The normalized spacial score (nSPS) is 21.6. The Morgan fingerprint density at radius 2 is 1.73 bits per heavy atom. The van der Waals surface area contributed by atoms with Crippen LogP contribution in [0.25, 0.3) is 0 Å². The van der Waals surface area contributed by atoms with Gasteiger partial charge in [0.15, 0.2) is 0 Å². The molecule has 0 fully saturated rings. The number of halogens is 2. The summed E-state index contributed by atoms with van der Waals surface area (Å²) in [5, 5.41) is 12.9. The standard InChI is InChI=1S/C16H17Cl2NO3/c1-8-5-11(12(16(21)22)6-9(8)2)15(20)19-14-4-3-10(17)7-13(14)18/h3-4,7,11-12H,5-6H2,1-2H3,(H,19,20)(H,21,22)/t11-,12-/m0/s1. The van der Waals surface area contributed by atoms with Crippen LogP contribution in [0.1, 0.15) is 26.7 Å². The largest absolute Gasteiger partial charge is 0.481 e. The number of benzene rings is 1. The van der Waals surface area contributed by atoms with Gasteiger partial charge in [-0.05, 0) is 44.9 Å². The first kappa shape index (κ1) is 16.8. The molecule has 1 aliphatic carbocycles. The number of hydrogen-bond donors (Lipinski definition) is 2. The maximum absolute atomic E-state index is 12.5. The molecule has 0 bridgehead atoms. The van der Waals surface area contributed by atoms with Crippen molar-refractivity contribution in [2.24, 2.45) is 11.8 Å². The van der Waals surface area contributed by atoms with E-state index in [9.17, 15) is 14.7 Å². The molecule has 2 atom stereocenters. The lowest BCUT2D eigenvalue weighted by molar-refractivity contribution is -0.146. The SMILES string of the molecule is CC1=C(C)C[C@H](C(=O)Nc2ccc(Cl)cc2Cl)[C@@H](C(=O)O)C1. The Labute approximate surface area is 139 Å². The van der Waals surface area contributed by atoms with E-state index in [1.54, 1.807) is 12.1 Å². The van der Waals surface area contributed by atoms with Gasteiger partial charge in [-0.2, -0.15) is 0 Å². The highest BCUT2D eigenvalue weighted by Gasteiger charge is 2.37. The Hall–Kier alpha value is -1.52. The zero-order valence-corrected chi connectivity index (χ0v) is 13.8. The van der Waals surface area contributed by atoms with Crippen LogP contribution in [0, 0.1) is 11.8 Å². The highest BCUT2D eigenvalue weighted by molar-refractivity contribution is 6.36. The molecule has 1 amide bonds. The first-order chi connectivity index (χ1) is 10.3. The van der Waals surface area contributed by atoms with Crippen molar-refractivity contribution < 1.29 is 14.7 Å². The predicted octanol–water partition coefficient (Wildman–Crippen LogP) is 4.38. The van der Waals surface area contributed by atoms with Gasteiger partial charge in [0.25, 0.3) is 0 Å². The van der Waals surface area contributed by atoms with Crippen molar-refractivity contribution in [2.75, 3.05) is 5.32 Å². The molecule has 1 aromatic carbocycles. The molecular weight excluding hydrogens is 325 g/mol. The molecule has 2 rings (SSSR count). The van der Waals surface area contributed by atoms with Gasteiger partial charge < -0.3 is 10.4 Å². The average Bonchev–Trinajstić information content (AvgIpc) is 2.44. The minimum atomic E-state index is -0.950. The van der Waals surface area contributed by atoms with Crippen molar-refractivity contribution in [3.05, 3.63) is 39.4 Å². The van der Waals surface area contributed by atoms with E-state index in [1.165, 1.54) is 6.07 Å². The molecule has 1 aliphatic rings. The van der Waals surface area contributed by atoms with E-state index in [2.05, 4.69) is 5.32 Å². The molecule has 0 unspecified atom stereocenters. The van der Waals surface area contributed by atoms with Crippen LogP contribution in [0.3, 0.4) is 0 Å². The summed E-state index contributed by atoms with van der Waals surface area (Å²) < 4.78 is 0. The first-order valence-corrected chi connectivity index (χ1v) is 7.69. The Bertz CT molecular complexity index is 655.